The first kappa shape index (κ1) is 22.3. The van der Waals surface area contributed by atoms with Crippen LogP contribution >= 0.6 is 0 Å². The number of nitrogens with zero attached hydrogens (tertiary/aromatic N) is 1. The van der Waals surface area contributed by atoms with E-state index in [0.717, 1.165) is 29.0 Å². The molecule has 0 radical (unpaired) electrons. The minimum atomic E-state index is -0.568. The zero-order valence-electron chi connectivity index (χ0n) is 19.0. The fourth-order valence-corrected chi connectivity index (χ4v) is 4.25. The molecule has 2 aromatic heterocycles. The van der Waals surface area contributed by atoms with Crippen LogP contribution in [-0.4, -0.2) is 29.3 Å². The Kier molecular flexibility index (Phi) is 5.97. The van der Waals surface area contributed by atoms with Gasteiger partial charge in [0.15, 0.2) is 12.4 Å². The zero-order chi connectivity index (χ0) is 24.4. The summed E-state index contributed by atoms with van der Waals surface area (Å²) < 4.78 is 10.9. The van der Waals surface area contributed by atoms with Crippen molar-refractivity contribution in [2.24, 2.45) is 0 Å². The molecule has 1 aliphatic rings. The van der Waals surface area contributed by atoms with Crippen molar-refractivity contribution in [2.75, 3.05) is 11.9 Å². The van der Waals surface area contributed by atoms with Gasteiger partial charge in [-0.05, 0) is 79.4 Å². The van der Waals surface area contributed by atoms with Crippen LogP contribution in [0.25, 0.3) is 22.6 Å². The summed E-state index contributed by atoms with van der Waals surface area (Å²) in [5.74, 6) is -0.375. The van der Waals surface area contributed by atoms with Gasteiger partial charge in [0.05, 0.1) is 23.0 Å². The smallest absolute Gasteiger partial charge is 0.339 e. The highest BCUT2D eigenvalue weighted by Gasteiger charge is 2.28. The Bertz CT molecular complexity index is 1470. The molecule has 0 spiro atoms. The molecule has 2 heterocycles. The fourth-order valence-electron chi connectivity index (χ4n) is 4.25. The first-order chi connectivity index (χ1) is 17.0. The van der Waals surface area contributed by atoms with Crippen molar-refractivity contribution >= 4 is 45.9 Å². The van der Waals surface area contributed by atoms with E-state index in [1.807, 2.05) is 42.5 Å². The van der Waals surface area contributed by atoms with Crippen molar-refractivity contribution in [3.05, 3.63) is 95.1 Å². The summed E-state index contributed by atoms with van der Waals surface area (Å²) in [6.45, 7) is 1.04. The number of esters is 1. The lowest BCUT2D eigenvalue weighted by Gasteiger charge is -2.12. The molecule has 5 rings (SSSR count). The molecule has 1 amide bonds. The standard InChI is InChI=1S/C28H22N2O5/c1-17(31)18-8-11-20(12-9-18)29-25(32)16-35-28(33)26-22-6-2-3-7-24(22)30-27-19(10-13-23(26)27)15-21-5-4-14-34-21/h2-9,11-12,14-15H,10,13,16H2,1H3,(H,29,32)/b19-15-. The van der Waals surface area contributed by atoms with Crippen molar-refractivity contribution in [1.29, 1.82) is 0 Å². The highest BCUT2D eigenvalue weighted by atomic mass is 16.5. The molecular formula is C28H22N2O5. The van der Waals surface area contributed by atoms with E-state index in [4.69, 9.17) is 14.1 Å². The third kappa shape index (κ3) is 4.61. The van der Waals surface area contributed by atoms with Gasteiger partial charge in [-0.2, -0.15) is 0 Å². The molecule has 7 nitrogen and oxygen atoms in total. The molecule has 0 atom stereocenters. The Labute approximate surface area is 201 Å². The summed E-state index contributed by atoms with van der Waals surface area (Å²) in [6.07, 6.45) is 4.91. The van der Waals surface area contributed by atoms with Crippen LogP contribution in [0.1, 0.15) is 51.1 Å². The number of para-hydroxylation sites is 1. The molecule has 0 aliphatic heterocycles. The summed E-state index contributed by atoms with van der Waals surface area (Å²) in [4.78, 5) is 41.8. The average Bonchev–Trinajstić information content (AvgIpc) is 3.52. The van der Waals surface area contributed by atoms with Crippen LogP contribution in [0.3, 0.4) is 0 Å². The maximum atomic E-state index is 13.2. The molecule has 1 N–H and O–H groups in total. The topological polar surface area (TPSA) is 98.5 Å². The number of benzene rings is 2. The first-order valence-corrected chi connectivity index (χ1v) is 11.2. The highest BCUT2D eigenvalue weighted by molar-refractivity contribution is 6.08. The number of furan rings is 1. The number of anilines is 1. The summed E-state index contributed by atoms with van der Waals surface area (Å²) in [5.41, 5.74) is 4.73. The van der Waals surface area contributed by atoms with Crippen LogP contribution in [0.15, 0.2) is 71.3 Å². The summed E-state index contributed by atoms with van der Waals surface area (Å²) >= 11 is 0. The van der Waals surface area contributed by atoms with Gasteiger partial charge in [-0.3, -0.25) is 9.59 Å². The number of hydrogen-bond donors (Lipinski definition) is 1. The predicted octanol–water partition coefficient (Wildman–Crippen LogP) is 5.31. The third-order valence-corrected chi connectivity index (χ3v) is 5.92. The number of carbonyl (C=O) groups is 3. The van der Waals surface area contributed by atoms with E-state index in [1.54, 1.807) is 30.5 Å². The van der Waals surface area contributed by atoms with Gasteiger partial charge in [0, 0.05) is 16.6 Å². The molecule has 0 saturated heterocycles. The second-order valence-corrected chi connectivity index (χ2v) is 8.27. The lowest BCUT2D eigenvalue weighted by molar-refractivity contribution is -0.119. The first-order valence-electron chi connectivity index (χ1n) is 11.2. The molecule has 35 heavy (non-hydrogen) atoms. The van der Waals surface area contributed by atoms with E-state index < -0.39 is 18.5 Å². The van der Waals surface area contributed by atoms with Crippen LogP contribution in [-0.2, 0) is 16.0 Å². The number of hydrogen-bond acceptors (Lipinski definition) is 6. The highest BCUT2D eigenvalue weighted by Crippen LogP contribution is 2.37. The number of ether oxygens (including phenoxy) is 1. The monoisotopic (exact) mass is 466 g/mol. The Morgan fingerprint density at radius 2 is 1.83 bits per heavy atom. The van der Waals surface area contributed by atoms with E-state index in [-0.39, 0.29) is 5.78 Å². The Hall–Kier alpha value is -4.52. The normalized spacial score (nSPS) is 13.6. The minimum absolute atomic E-state index is 0.0592. The molecule has 0 bridgehead atoms. The van der Waals surface area contributed by atoms with Gasteiger partial charge in [-0.15, -0.1) is 0 Å². The molecule has 7 heteroatoms. The van der Waals surface area contributed by atoms with Gasteiger partial charge in [-0.1, -0.05) is 18.2 Å². The van der Waals surface area contributed by atoms with Crippen molar-refractivity contribution in [3.63, 3.8) is 0 Å². The quantitative estimate of drug-likeness (QED) is 0.305. The van der Waals surface area contributed by atoms with E-state index in [1.165, 1.54) is 6.92 Å². The summed E-state index contributed by atoms with van der Waals surface area (Å²) in [6, 6.07) is 17.6. The number of ketones is 1. The van der Waals surface area contributed by atoms with Crippen LogP contribution in [0, 0.1) is 0 Å². The maximum Gasteiger partial charge on any atom is 0.339 e. The van der Waals surface area contributed by atoms with Crippen LogP contribution in [0.2, 0.25) is 0 Å². The van der Waals surface area contributed by atoms with Crippen LogP contribution < -0.4 is 5.32 Å². The molecule has 4 aromatic rings. The van der Waals surface area contributed by atoms with E-state index in [2.05, 4.69) is 5.32 Å². The number of fused-ring (bicyclic) bond motifs is 2. The number of Topliss-reactive ketones (excluding diaryl/α,β-unsaturated/α-hetero) is 1. The van der Waals surface area contributed by atoms with Crippen molar-refractivity contribution in [2.45, 2.75) is 19.8 Å². The average molecular weight is 466 g/mol. The molecule has 0 saturated carbocycles. The number of rotatable bonds is 6. The van der Waals surface area contributed by atoms with Crippen LogP contribution in [0.4, 0.5) is 5.69 Å². The largest absolute Gasteiger partial charge is 0.465 e. The maximum absolute atomic E-state index is 13.2. The van der Waals surface area contributed by atoms with Gasteiger partial charge >= 0.3 is 5.97 Å². The van der Waals surface area contributed by atoms with Gasteiger partial charge in [0.25, 0.3) is 5.91 Å². The molecular weight excluding hydrogens is 444 g/mol. The van der Waals surface area contributed by atoms with Crippen molar-refractivity contribution in [3.8, 4) is 0 Å². The van der Waals surface area contributed by atoms with E-state index in [0.29, 0.717) is 34.1 Å². The Balaban J connectivity index is 1.38. The van der Waals surface area contributed by atoms with Gasteiger partial charge in [0.2, 0.25) is 0 Å². The number of allylic oxidation sites excluding steroid dienone is 1. The Morgan fingerprint density at radius 1 is 1.03 bits per heavy atom. The molecule has 2 aromatic carbocycles. The molecule has 174 valence electrons. The fraction of sp³-hybridized carbons (Fsp3) is 0.143. The second-order valence-electron chi connectivity index (χ2n) is 8.27. The van der Waals surface area contributed by atoms with Crippen molar-refractivity contribution in [1.82, 2.24) is 4.98 Å². The number of nitrogens with one attached hydrogen (secondary N) is 1. The SMILES string of the molecule is CC(=O)c1ccc(NC(=O)COC(=O)c2c3c(nc4ccccc24)/C(=C\c2ccco2)CC3)cc1. The number of aromatic nitrogens is 1. The molecule has 0 fully saturated rings. The molecule has 0 unspecified atom stereocenters. The van der Waals surface area contributed by atoms with Gasteiger partial charge in [-0.25, -0.2) is 9.78 Å². The van der Waals surface area contributed by atoms with Gasteiger partial charge < -0.3 is 14.5 Å². The third-order valence-electron chi connectivity index (χ3n) is 5.92. The van der Waals surface area contributed by atoms with Crippen LogP contribution in [0.5, 0.6) is 0 Å². The molecule has 1 aliphatic carbocycles. The van der Waals surface area contributed by atoms with Gasteiger partial charge in [0.1, 0.15) is 5.76 Å². The van der Waals surface area contributed by atoms with E-state index >= 15 is 0 Å². The zero-order valence-corrected chi connectivity index (χ0v) is 19.0. The summed E-state index contributed by atoms with van der Waals surface area (Å²) in [5, 5.41) is 3.37. The second kappa shape index (κ2) is 9.38. The lowest BCUT2D eigenvalue weighted by atomic mass is 10.0. The van der Waals surface area contributed by atoms with Crippen molar-refractivity contribution < 1.29 is 23.5 Å². The Morgan fingerprint density at radius 3 is 2.57 bits per heavy atom. The lowest BCUT2D eigenvalue weighted by Crippen LogP contribution is -2.21. The number of pyridine rings is 1. The minimum Gasteiger partial charge on any atom is -0.465 e. The number of amides is 1. The summed E-state index contributed by atoms with van der Waals surface area (Å²) in [7, 11) is 0. The van der Waals surface area contributed by atoms with E-state index in [9.17, 15) is 14.4 Å². The number of carbonyl (C=O) groups excluding carboxylic acids is 3. The predicted molar refractivity (Wildman–Crippen MR) is 132 cm³/mol.